The Bertz CT molecular complexity index is 713. The molecule has 2 rings (SSSR count). The van der Waals surface area contributed by atoms with Crippen LogP contribution >= 0.6 is 12.2 Å². The quantitative estimate of drug-likeness (QED) is 0.652. The molecule has 0 heterocycles. The maximum Gasteiger partial charge on any atom is 0.339 e. The molecule has 2 N–H and O–H groups in total. The van der Waals surface area contributed by atoms with E-state index in [4.69, 9.17) is 21.7 Å². The number of hydrogen-bond acceptors (Lipinski definition) is 5. The molecule has 24 heavy (non-hydrogen) atoms. The number of para-hydroxylation sites is 2. The van der Waals surface area contributed by atoms with Crippen LogP contribution in [0.15, 0.2) is 48.5 Å². The van der Waals surface area contributed by atoms with Gasteiger partial charge < -0.3 is 20.1 Å². The second-order valence-corrected chi connectivity index (χ2v) is 5.06. The van der Waals surface area contributed by atoms with Gasteiger partial charge in [-0.1, -0.05) is 24.3 Å². The number of rotatable bonds is 4. The van der Waals surface area contributed by atoms with Gasteiger partial charge in [0.1, 0.15) is 0 Å². The second kappa shape index (κ2) is 8.07. The van der Waals surface area contributed by atoms with Crippen molar-refractivity contribution in [3.63, 3.8) is 0 Å². The molecule has 0 aliphatic heterocycles. The lowest BCUT2D eigenvalue weighted by atomic mass is 10.1. The molecule has 2 aromatic rings. The van der Waals surface area contributed by atoms with Crippen LogP contribution in [-0.2, 0) is 9.47 Å². The average molecular weight is 344 g/mol. The number of hydrogen-bond donors (Lipinski definition) is 2. The fourth-order valence-corrected chi connectivity index (χ4v) is 2.26. The molecule has 0 bridgehead atoms. The highest BCUT2D eigenvalue weighted by Gasteiger charge is 2.14. The minimum Gasteiger partial charge on any atom is -0.465 e. The van der Waals surface area contributed by atoms with Gasteiger partial charge in [-0.05, 0) is 36.5 Å². The number of thiocarbonyl (C=S) groups is 1. The SMILES string of the molecule is COC(=O)c1ccccc1NC(=S)Nc1ccccc1C(=O)OC. The van der Waals surface area contributed by atoms with Crippen LogP contribution in [0.3, 0.4) is 0 Å². The maximum atomic E-state index is 11.8. The number of benzene rings is 2. The van der Waals surface area contributed by atoms with E-state index in [1.807, 2.05) is 0 Å². The molecule has 0 spiro atoms. The van der Waals surface area contributed by atoms with Crippen molar-refractivity contribution in [2.45, 2.75) is 0 Å². The summed E-state index contributed by atoms with van der Waals surface area (Å²) in [4.78, 5) is 23.5. The summed E-state index contributed by atoms with van der Waals surface area (Å²) in [6.45, 7) is 0. The highest BCUT2D eigenvalue weighted by atomic mass is 32.1. The van der Waals surface area contributed by atoms with Gasteiger partial charge in [-0.3, -0.25) is 0 Å². The molecule has 0 unspecified atom stereocenters. The van der Waals surface area contributed by atoms with Gasteiger partial charge in [0.25, 0.3) is 0 Å². The third-order valence-electron chi connectivity index (χ3n) is 3.16. The van der Waals surface area contributed by atoms with Crippen molar-refractivity contribution in [2.75, 3.05) is 24.9 Å². The van der Waals surface area contributed by atoms with Crippen molar-refractivity contribution < 1.29 is 19.1 Å². The van der Waals surface area contributed by atoms with E-state index in [9.17, 15) is 9.59 Å². The Morgan fingerprint density at radius 2 is 1.17 bits per heavy atom. The lowest BCUT2D eigenvalue weighted by molar-refractivity contribution is 0.0593. The summed E-state index contributed by atoms with van der Waals surface area (Å²) in [7, 11) is 2.62. The molecule has 0 saturated carbocycles. The molecule has 0 fully saturated rings. The Hall–Kier alpha value is -2.93. The van der Waals surface area contributed by atoms with Gasteiger partial charge in [-0.2, -0.15) is 0 Å². The predicted molar refractivity (Wildman–Crippen MR) is 95.4 cm³/mol. The van der Waals surface area contributed by atoms with Crippen molar-refractivity contribution >= 4 is 40.6 Å². The highest BCUT2D eigenvalue weighted by Crippen LogP contribution is 2.19. The molecule has 0 aliphatic carbocycles. The van der Waals surface area contributed by atoms with Gasteiger partial charge >= 0.3 is 11.9 Å². The van der Waals surface area contributed by atoms with Gasteiger partial charge in [0, 0.05) is 0 Å². The van der Waals surface area contributed by atoms with Crippen LogP contribution in [-0.4, -0.2) is 31.3 Å². The Balaban J connectivity index is 2.19. The van der Waals surface area contributed by atoms with E-state index in [0.717, 1.165) is 0 Å². The molecule has 0 aromatic heterocycles. The smallest absolute Gasteiger partial charge is 0.339 e. The summed E-state index contributed by atoms with van der Waals surface area (Å²) in [5, 5.41) is 6.08. The second-order valence-electron chi connectivity index (χ2n) is 4.65. The minimum atomic E-state index is -0.476. The Labute approximate surface area is 144 Å². The number of nitrogens with one attached hydrogen (secondary N) is 2. The third-order valence-corrected chi connectivity index (χ3v) is 3.37. The van der Waals surface area contributed by atoms with E-state index in [1.165, 1.54) is 14.2 Å². The normalized spacial score (nSPS) is 9.75. The number of carbonyl (C=O) groups excluding carboxylic acids is 2. The first-order valence-electron chi connectivity index (χ1n) is 6.99. The van der Waals surface area contributed by atoms with Crippen molar-refractivity contribution in [3.8, 4) is 0 Å². The zero-order valence-electron chi connectivity index (χ0n) is 13.2. The van der Waals surface area contributed by atoms with Crippen LogP contribution in [0.1, 0.15) is 20.7 Å². The highest BCUT2D eigenvalue weighted by molar-refractivity contribution is 7.80. The Morgan fingerprint density at radius 1 is 0.792 bits per heavy atom. The van der Waals surface area contributed by atoms with Crippen LogP contribution in [0.4, 0.5) is 11.4 Å². The molecule has 0 atom stereocenters. The third kappa shape index (κ3) is 4.08. The van der Waals surface area contributed by atoms with E-state index in [1.54, 1.807) is 48.5 Å². The molecule has 0 radical (unpaired) electrons. The number of methoxy groups -OCH3 is 2. The predicted octanol–water partition coefficient (Wildman–Crippen LogP) is 3.07. The Kier molecular flexibility index (Phi) is 5.86. The first-order valence-corrected chi connectivity index (χ1v) is 7.40. The van der Waals surface area contributed by atoms with Crippen molar-refractivity contribution in [3.05, 3.63) is 59.7 Å². The largest absolute Gasteiger partial charge is 0.465 e. The van der Waals surface area contributed by atoms with Gasteiger partial charge in [-0.25, -0.2) is 9.59 Å². The summed E-state index contributed by atoms with van der Waals surface area (Å²) in [6, 6.07) is 13.6. The zero-order valence-corrected chi connectivity index (χ0v) is 14.0. The summed E-state index contributed by atoms with van der Waals surface area (Å²) in [5.74, 6) is -0.952. The van der Waals surface area contributed by atoms with E-state index in [0.29, 0.717) is 22.5 Å². The summed E-state index contributed by atoms with van der Waals surface area (Å²) < 4.78 is 9.48. The number of anilines is 2. The lowest BCUT2D eigenvalue weighted by Crippen LogP contribution is -2.22. The molecule has 2 aromatic carbocycles. The maximum absolute atomic E-state index is 11.8. The Morgan fingerprint density at radius 3 is 1.54 bits per heavy atom. The van der Waals surface area contributed by atoms with Crippen molar-refractivity contribution in [2.24, 2.45) is 0 Å². The first-order chi connectivity index (χ1) is 11.6. The summed E-state index contributed by atoms with van der Waals surface area (Å²) in [6.07, 6.45) is 0. The topological polar surface area (TPSA) is 76.7 Å². The molecular formula is C17H16N2O4S. The molecule has 0 saturated heterocycles. The van der Waals surface area contributed by atoms with Crippen molar-refractivity contribution in [1.29, 1.82) is 0 Å². The molecule has 124 valence electrons. The van der Waals surface area contributed by atoms with E-state index in [-0.39, 0.29) is 5.11 Å². The molecule has 6 nitrogen and oxygen atoms in total. The monoisotopic (exact) mass is 344 g/mol. The number of ether oxygens (including phenoxy) is 2. The fourth-order valence-electron chi connectivity index (χ4n) is 2.04. The molecular weight excluding hydrogens is 328 g/mol. The molecule has 0 amide bonds. The van der Waals surface area contributed by atoms with Gasteiger partial charge in [0.05, 0.1) is 36.7 Å². The lowest BCUT2D eigenvalue weighted by Gasteiger charge is -2.14. The van der Waals surface area contributed by atoms with Crippen LogP contribution in [0.5, 0.6) is 0 Å². The molecule has 7 heteroatoms. The van der Waals surface area contributed by atoms with Crippen molar-refractivity contribution in [1.82, 2.24) is 0 Å². The number of esters is 2. The zero-order chi connectivity index (χ0) is 17.5. The average Bonchev–Trinajstić information content (AvgIpc) is 2.61. The van der Waals surface area contributed by atoms with Crippen LogP contribution < -0.4 is 10.6 Å². The van der Waals surface area contributed by atoms with Crippen LogP contribution in [0.2, 0.25) is 0 Å². The number of carbonyl (C=O) groups is 2. The van der Waals surface area contributed by atoms with E-state index < -0.39 is 11.9 Å². The summed E-state index contributed by atoms with van der Waals surface area (Å²) in [5.41, 5.74) is 1.70. The standard InChI is InChI=1S/C17H16N2O4S/c1-22-15(20)11-7-3-5-9-13(11)18-17(24)19-14-10-6-4-8-12(14)16(21)23-2/h3-10H,1-2H3,(H2,18,19,24). The summed E-state index contributed by atoms with van der Waals surface area (Å²) >= 11 is 5.26. The molecule has 0 aliphatic rings. The van der Waals surface area contributed by atoms with Crippen LogP contribution in [0.25, 0.3) is 0 Å². The van der Waals surface area contributed by atoms with Gasteiger partial charge in [0.2, 0.25) is 0 Å². The van der Waals surface area contributed by atoms with Gasteiger partial charge in [0.15, 0.2) is 5.11 Å². The minimum absolute atomic E-state index is 0.225. The van der Waals surface area contributed by atoms with Gasteiger partial charge in [-0.15, -0.1) is 0 Å². The van der Waals surface area contributed by atoms with E-state index in [2.05, 4.69) is 10.6 Å². The van der Waals surface area contributed by atoms with E-state index >= 15 is 0 Å². The fraction of sp³-hybridized carbons (Fsp3) is 0.118. The first kappa shape index (κ1) is 17.4. The van der Waals surface area contributed by atoms with Crippen LogP contribution in [0, 0.1) is 0 Å².